The van der Waals surface area contributed by atoms with Gasteiger partial charge in [0.1, 0.15) is 5.75 Å². The number of methoxy groups -OCH3 is 1. The molecular formula is C19H20F4N2O3. The lowest BCUT2D eigenvalue weighted by Gasteiger charge is -2.17. The van der Waals surface area contributed by atoms with E-state index in [-0.39, 0.29) is 30.2 Å². The van der Waals surface area contributed by atoms with Crippen molar-refractivity contribution in [3.05, 3.63) is 59.4 Å². The first kappa shape index (κ1) is 21.5. The van der Waals surface area contributed by atoms with Crippen LogP contribution in [0.2, 0.25) is 0 Å². The predicted molar refractivity (Wildman–Crippen MR) is 94.3 cm³/mol. The first-order chi connectivity index (χ1) is 13.2. The number of alkyl halides is 3. The molecule has 0 radical (unpaired) electrons. The summed E-state index contributed by atoms with van der Waals surface area (Å²) in [6.07, 6.45) is -4.81. The Labute approximate surface area is 159 Å². The fraction of sp³-hybridized carbons (Fsp3) is 0.316. The zero-order valence-corrected chi connectivity index (χ0v) is 15.3. The molecule has 0 fully saturated rings. The van der Waals surface area contributed by atoms with Crippen molar-refractivity contribution in [2.45, 2.75) is 19.5 Å². The minimum atomic E-state index is -4.81. The first-order valence-corrected chi connectivity index (χ1v) is 8.29. The van der Waals surface area contributed by atoms with E-state index in [2.05, 4.69) is 10.1 Å². The van der Waals surface area contributed by atoms with Gasteiger partial charge >= 0.3 is 6.36 Å². The van der Waals surface area contributed by atoms with Crippen molar-refractivity contribution < 1.29 is 31.8 Å². The van der Waals surface area contributed by atoms with E-state index in [4.69, 9.17) is 4.74 Å². The lowest BCUT2D eigenvalue weighted by molar-refractivity contribution is -0.274. The summed E-state index contributed by atoms with van der Waals surface area (Å²) in [5, 5.41) is 2.55. The molecule has 5 nitrogen and oxygen atoms in total. The van der Waals surface area contributed by atoms with Crippen LogP contribution >= 0.6 is 0 Å². The lowest BCUT2D eigenvalue weighted by atomic mass is 10.2. The number of hydrogen-bond donors (Lipinski definition) is 1. The molecule has 0 unspecified atom stereocenters. The molecule has 2 rings (SSSR count). The van der Waals surface area contributed by atoms with Crippen molar-refractivity contribution >= 4 is 5.91 Å². The number of nitrogens with one attached hydrogen (secondary N) is 1. The van der Waals surface area contributed by atoms with Crippen molar-refractivity contribution in [2.75, 3.05) is 20.7 Å². The molecule has 0 saturated heterocycles. The van der Waals surface area contributed by atoms with Crippen molar-refractivity contribution in [3.63, 3.8) is 0 Å². The highest BCUT2D eigenvalue weighted by atomic mass is 19.4. The molecule has 0 aliphatic heterocycles. The summed E-state index contributed by atoms with van der Waals surface area (Å²) >= 11 is 0. The second kappa shape index (κ2) is 9.41. The molecule has 0 bridgehead atoms. The second-order valence-electron chi connectivity index (χ2n) is 6.07. The van der Waals surface area contributed by atoms with Gasteiger partial charge in [0, 0.05) is 18.7 Å². The fourth-order valence-corrected chi connectivity index (χ4v) is 2.54. The van der Waals surface area contributed by atoms with Gasteiger partial charge < -0.3 is 14.8 Å². The Balaban J connectivity index is 1.88. The van der Waals surface area contributed by atoms with Gasteiger partial charge in [0.2, 0.25) is 5.91 Å². The maximum atomic E-state index is 13.7. The van der Waals surface area contributed by atoms with Crippen molar-refractivity contribution in [3.8, 4) is 11.5 Å². The average molecular weight is 400 g/mol. The molecule has 152 valence electrons. The Morgan fingerprint density at radius 3 is 2.50 bits per heavy atom. The molecule has 1 amide bonds. The number of nitrogens with zero attached hydrogens (tertiary/aromatic N) is 1. The molecule has 9 heteroatoms. The molecule has 0 aliphatic carbocycles. The maximum absolute atomic E-state index is 13.7. The highest BCUT2D eigenvalue weighted by Crippen LogP contribution is 2.26. The van der Waals surface area contributed by atoms with E-state index < -0.39 is 18.1 Å². The number of ether oxygens (including phenoxy) is 2. The van der Waals surface area contributed by atoms with Gasteiger partial charge in [-0.1, -0.05) is 24.3 Å². The third-order valence-electron chi connectivity index (χ3n) is 3.76. The maximum Gasteiger partial charge on any atom is 0.573 e. The third kappa shape index (κ3) is 6.73. The smallest absolute Gasteiger partial charge is 0.494 e. The van der Waals surface area contributed by atoms with E-state index in [1.807, 2.05) is 0 Å². The van der Waals surface area contributed by atoms with Gasteiger partial charge in [-0.05, 0) is 30.8 Å². The summed E-state index contributed by atoms with van der Waals surface area (Å²) in [6.45, 7) is 0.175. The summed E-state index contributed by atoms with van der Waals surface area (Å²) < 4.78 is 59.8. The fourth-order valence-electron chi connectivity index (χ4n) is 2.54. The van der Waals surface area contributed by atoms with Crippen molar-refractivity contribution in [1.29, 1.82) is 0 Å². The number of para-hydroxylation sites is 1. The Morgan fingerprint density at radius 1 is 1.14 bits per heavy atom. The third-order valence-corrected chi connectivity index (χ3v) is 3.76. The first-order valence-electron chi connectivity index (χ1n) is 8.29. The molecule has 2 aromatic carbocycles. The van der Waals surface area contributed by atoms with Gasteiger partial charge in [-0.2, -0.15) is 0 Å². The summed E-state index contributed by atoms with van der Waals surface area (Å²) in [7, 11) is 3.04. The van der Waals surface area contributed by atoms with Crippen LogP contribution in [0.3, 0.4) is 0 Å². The summed E-state index contributed by atoms with van der Waals surface area (Å²) in [5.41, 5.74) is 0.852. The monoisotopic (exact) mass is 400 g/mol. The van der Waals surface area contributed by atoms with E-state index in [0.717, 1.165) is 0 Å². The molecule has 0 atom stereocenters. The zero-order valence-electron chi connectivity index (χ0n) is 15.3. The number of hydrogen-bond acceptors (Lipinski definition) is 4. The molecule has 1 N–H and O–H groups in total. The van der Waals surface area contributed by atoms with Crippen LogP contribution in [0.25, 0.3) is 0 Å². The minimum Gasteiger partial charge on any atom is -0.494 e. The topological polar surface area (TPSA) is 50.8 Å². The van der Waals surface area contributed by atoms with E-state index in [0.29, 0.717) is 12.1 Å². The van der Waals surface area contributed by atoms with Crippen LogP contribution in [0.5, 0.6) is 11.5 Å². The van der Waals surface area contributed by atoms with Gasteiger partial charge in [0.25, 0.3) is 0 Å². The van der Waals surface area contributed by atoms with Crippen LogP contribution in [0, 0.1) is 5.82 Å². The van der Waals surface area contributed by atoms with Crippen LogP contribution in [0.4, 0.5) is 17.6 Å². The van der Waals surface area contributed by atoms with Crippen LogP contribution < -0.4 is 14.8 Å². The zero-order chi connectivity index (χ0) is 20.7. The van der Waals surface area contributed by atoms with Gasteiger partial charge in [-0.25, -0.2) is 4.39 Å². The molecule has 0 saturated carbocycles. The molecule has 0 aromatic heterocycles. The van der Waals surface area contributed by atoms with E-state index >= 15 is 0 Å². The summed E-state index contributed by atoms with van der Waals surface area (Å²) in [5.74, 6) is -1.13. The molecule has 0 aliphatic rings. The van der Waals surface area contributed by atoms with Gasteiger partial charge in [-0.3, -0.25) is 9.69 Å². The lowest BCUT2D eigenvalue weighted by Crippen LogP contribution is -2.34. The Bertz CT molecular complexity index is 812. The van der Waals surface area contributed by atoms with Crippen LogP contribution in [-0.4, -0.2) is 37.9 Å². The highest BCUT2D eigenvalue weighted by molar-refractivity contribution is 5.78. The van der Waals surface area contributed by atoms with Crippen molar-refractivity contribution in [2.24, 2.45) is 0 Å². The van der Waals surface area contributed by atoms with E-state index in [9.17, 15) is 22.4 Å². The largest absolute Gasteiger partial charge is 0.573 e. The quantitative estimate of drug-likeness (QED) is 0.690. The number of carbonyl (C=O) groups is 1. The number of carbonyl (C=O) groups excluding carboxylic acids is 1. The number of likely N-dealkylation sites (N-methyl/N-ethyl adjacent to an activating group) is 1. The molecule has 0 spiro atoms. The Morgan fingerprint density at radius 2 is 1.86 bits per heavy atom. The molecular weight excluding hydrogens is 380 g/mol. The number of halogens is 4. The molecule has 0 heterocycles. The Hall–Kier alpha value is -2.81. The van der Waals surface area contributed by atoms with E-state index in [1.165, 1.54) is 37.4 Å². The number of rotatable bonds is 8. The number of benzene rings is 2. The summed E-state index contributed by atoms with van der Waals surface area (Å²) in [6, 6.07) is 10.1. The van der Waals surface area contributed by atoms with Gasteiger partial charge in [0.15, 0.2) is 11.6 Å². The standard InChI is InChI=1S/C19H20F4N2O3/c1-25(11-13-7-8-17(27-2)15(20)9-13)12-18(26)24-10-14-5-3-4-6-16(14)28-19(21,22)23/h3-9H,10-12H2,1-2H3,(H,24,26). The Kier molecular flexibility index (Phi) is 7.22. The van der Waals surface area contributed by atoms with Crippen LogP contribution in [-0.2, 0) is 17.9 Å². The van der Waals surface area contributed by atoms with Crippen LogP contribution in [0.1, 0.15) is 11.1 Å². The number of amides is 1. The van der Waals surface area contributed by atoms with Gasteiger partial charge in [-0.15, -0.1) is 13.2 Å². The minimum absolute atomic E-state index is 0.0179. The van der Waals surface area contributed by atoms with E-state index in [1.54, 1.807) is 24.1 Å². The average Bonchev–Trinajstić information content (AvgIpc) is 2.59. The SMILES string of the molecule is COc1ccc(CN(C)CC(=O)NCc2ccccc2OC(F)(F)F)cc1F. The van der Waals surface area contributed by atoms with Crippen molar-refractivity contribution in [1.82, 2.24) is 10.2 Å². The molecule has 2 aromatic rings. The second-order valence-corrected chi connectivity index (χ2v) is 6.07. The highest BCUT2D eigenvalue weighted by Gasteiger charge is 2.32. The molecule has 28 heavy (non-hydrogen) atoms. The summed E-state index contributed by atoms with van der Waals surface area (Å²) in [4.78, 5) is 13.7. The van der Waals surface area contributed by atoms with Gasteiger partial charge in [0.05, 0.1) is 13.7 Å². The predicted octanol–water partition coefficient (Wildman–Crippen LogP) is 3.48. The normalized spacial score (nSPS) is 11.4. The van der Waals surface area contributed by atoms with Crippen LogP contribution in [0.15, 0.2) is 42.5 Å².